The zero-order valence-corrected chi connectivity index (χ0v) is 15.5. The molecule has 24 heavy (non-hydrogen) atoms. The molecule has 0 aromatic heterocycles. The van der Waals surface area contributed by atoms with Crippen LogP contribution in [0.5, 0.6) is 0 Å². The van der Waals surface area contributed by atoms with Gasteiger partial charge in [0.15, 0.2) is 5.96 Å². The summed E-state index contributed by atoms with van der Waals surface area (Å²) in [4.78, 5) is 6.79. The second-order valence-corrected chi connectivity index (χ2v) is 6.94. The number of benzene rings is 1. The second kappa shape index (κ2) is 9.64. The fourth-order valence-corrected chi connectivity index (χ4v) is 2.91. The predicted molar refractivity (Wildman–Crippen MR) is 100 cm³/mol. The van der Waals surface area contributed by atoms with Gasteiger partial charge in [0.2, 0.25) is 0 Å². The highest BCUT2D eigenvalue weighted by molar-refractivity contribution is 5.79. The van der Waals surface area contributed by atoms with E-state index in [1.165, 1.54) is 11.1 Å². The standard InChI is InChI=1S/C19H32N4O/c1-15(2)13-23-9-10-24-18(14-23)12-22-19(20-4)21-11-17-7-5-16(3)6-8-17/h5-8,15,18H,9-14H2,1-4H3,(H2,20,21,22). The van der Waals surface area contributed by atoms with Gasteiger partial charge in [0.05, 0.1) is 12.7 Å². The molecule has 1 unspecified atom stereocenters. The Hall–Kier alpha value is -1.59. The molecule has 0 radical (unpaired) electrons. The summed E-state index contributed by atoms with van der Waals surface area (Å²) in [6.07, 6.45) is 0.218. The van der Waals surface area contributed by atoms with Crippen molar-refractivity contribution in [1.82, 2.24) is 15.5 Å². The van der Waals surface area contributed by atoms with E-state index in [4.69, 9.17) is 4.74 Å². The van der Waals surface area contributed by atoms with Crippen molar-refractivity contribution in [3.63, 3.8) is 0 Å². The van der Waals surface area contributed by atoms with E-state index in [0.717, 1.165) is 45.3 Å². The maximum atomic E-state index is 5.87. The number of morpholine rings is 1. The summed E-state index contributed by atoms with van der Waals surface area (Å²) in [7, 11) is 1.80. The van der Waals surface area contributed by atoms with Gasteiger partial charge in [-0.05, 0) is 18.4 Å². The molecule has 134 valence electrons. The number of nitrogens with one attached hydrogen (secondary N) is 2. The molecule has 1 atom stereocenters. The van der Waals surface area contributed by atoms with Gasteiger partial charge in [-0.15, -0.1) is 0 Å². The number of hydrogen-bond donors (Lipinski definition) is 2. The van der Waals surface area contributed by atoms with E-state index in [1.54, 1.807) is 7.05 Å². The first-order chi connectivity index (χ1) is 11.6. The first kappa shape index (κ1) is 18.7. The van der Waals surface area contributed by atoms with Crippen LogP contribution in [0.4, 0.5) is 0 Å². The Morgan fingerprint density at radius 2 is 2.04 bits per heavy atom. The minimum absolute atomic E-state index is 0.218. The van der Waals surface area contributed by atoms with Crippen LogP contribution in [-0.4, -0.2) is 56.8 Å². The van der Waals surface area contributed by atoms with E-state index in [2.05, 4.69) is 65.6 Å². The number of guanidine groups is 1. The Morgan fingerprint density at radius 1 is 1.29 bits per heavy atom. The van der Waals surface area contributed by atoms with Crippen LogP contribution in [0.1, 0.15) is 25.0 Å². The van der Waals surface area contributed by atoms with Crippen LogP contribution >= 0.6 is 0 Å². The molecule has 0 spiro atoms. The lowest BCUT2D eigenvalue weighted by Gasteiger charge is -2.34. The van der Waals surface area contributed by atoms with Crippen molar-refractivity contribution in [3.05, 3.63) is 35.4 Å². The van der Waals surface area contributed by atoms with E-state index in [1.807, 2.05) is 0 Å². The zero-order chi connectivity index (χ0) is 17.4. The van der Waals surface area contributed by atoms with Crippen LogP contribution in [0.3, 0.4) is 0 Å². The van der Waals surface area contributed by atoms with E-state index >= 15 is 0 Å². The number of aliphatic imine (C=N–C) groups is 1. The summed E-state index contributed by atoms with van der Waals surface area (Å²) in [5.74, 6) is 1.51. The number of nitrogens with zero attached hydrogens (tertiary/aromatic N) is 2. The summed E-state index contributed by atoms with van der Waals surface area (Å²) in [6, 6.07) is 8.55. The van der Waals surface area contributed by atoms with Gasteiger partial charge in [-0.1, -0.05) is 43.7 Å². The van der Waals surface area contributed by atoms with Gasteiger partial charge in [0.1, 0.15) is 0 Å². The van der Waals surface area contributed by atoms with Gasteiger partial charge < -0.3 is 15.4 Å². The molecule has 2 rings (SSSR count). The van der Waals surface area contributed by atoms with Crippen LogP contribution in [-0.2, 0) is 11.3 Å². The Labute approximate surface area is 146 Å². The van der Waals surface area contributed by atoms with Crippen LogP contribution in [0, 0.1) is 12.8 Å². The molecule has 0 amide bonds. The highest BCUT2D eigenvalue weighted by atomic mass is 16.5. The minimum Gasteiger partial charge on any atom is -0.374 e. The molecule has 1 aliphatic heterocycles. The molecule has 0 bridgehead atoms. The number of rotatable bonds is 6. The van der Waals surface area contributed by atoms with Gasteiger partial charge in [0, 0.05) is 39.8 Å². The van der Waals surface area contributed by atoms with E-state index in [9.17, 15) is 0 Å². The predicted octanol–water partition coefficient (Wildman–Crippen LogP) is 2.02. The second-order valence-electron chi connectivity index (χ2n) is 6.94. The first-order valence-corrected chi connectivity index (χ1v) is 8.91. The molecule has 1 heterocycles. The highest BCUT2D eigenvalue weighted by Gasteiger charge is 2.20. The fourth-order valence-electron chi connectivity index (χ4n) is 2.91. The average molecular weight is 332 g/mol. The van der Waals surface area contributed by atoms with Crippen LogP contribution in [0.15, 0.2) is 29.3 Å². The molecule has 0 saturated carbocycles. The first-order valence-electron chi connectivity index (χ1n) is 8.91. The zero-order valence-electron chi connectivity index (χ0n) is 15.5. The largest absolute Gasteiger partial charge is 0.374 e. The Bertz CT molecular complexity index is 513. The molecule has 1 aromatic carbocycles. The van der Waals surface area contributed by atoms with Gasteiger partial charge in [0.25, 0.3) is 0 Å². The van der Waals surface area contributed by atoms with Crippen molar-refractivity contribution in [2.75, 3.05) is 39.8 Å². The van der Waals surface area contributed by atoms with Gasteiger partial charge >= 0.3 is 0 Å². The molecule has 5 heteroatoms. The fraction of sp³-hybridized carbons (Fsp3) is 0.632. The SMILES string of the molecule is CN=C(NCc1ccc(C)cc1)NCC1CN(CC(C)C)CCO1. The lowest BCUT2D eigenvalue weighted by atomic mass is 10.1. The van der Waals surface area contributed by atoms with Crippen LogP contribution < -0.4 is 10.6 Å². The Morgan fingerprint density at radius 3 is 2.71 bits per heavy atom. The quantitative estimate of drug-likeness (QED) is 0.618. The third kappa shape index (κ3) is 6.49. The van der Waals surface area contributed by atoms with Crippen molar-refractivity contribution in [3.8, 4) is 0 Å². The molecular formula is C19H32N4O. The third-order valence-corrected chi connectivity index (χ3v) is 4.15. The number of aryl methyl sites for hydroxylation is 1. The van der Waals surface area contributed by atoms with Gasteiger partial charge in [-0.2, -0.15) is 0 Å². The lowest BCUT2D eigenvalue weighted by Crippen LogP contribution is -2.50. The minimum atomic E-state index is 0.218. The van der Waals surface area contributed by atoms with E-state index in [0.29, 0.717) is 5.92 Å². The smallest absolute Gasteiger partial charge is 0.191 e. The third-order valence-electron chi connectivity index (χ3n) is 4.15. The highest BCUT2D eigenvalue weighted by Crippen LogP contribution is 2.07. The molecule has 0 aliphatic carbocycles. The summed E-state index contributed by atoms with van der Waals surface area (Å²) in [5, 5.41) is 6.74. The average Bonchev–Trinajstić information content (AvgIpc) is 2.56. The van der Waals surface area contributed by atoms with E-state index in [-0.39, 0.29) is 6.10 Å². The van der Waals surface area contributed by atoms with Crippen LogP contribution in [0.2, 0.25) is 0 Å². The van der Waals surface area contributed by atoms with Crippen molar-refractivity contribution >= 4 is 5.96 Å². The Kier molecular flexibility index (Phi) is 7.53. The molecule has 1 aliphatic rings. The van der Waals surface area contributed by atoms with Crippen LogP contribution in [0.25, 0.3) is 0 Å². The molecule has 5 nitrogen and oxygen atoms in total. The summed E-state index contributed by atoms with van der Waals surface area (Å²) >= 11 is 0. The lowest BCUT2D eigenvalue weighted by molar-refractivity contribution is -0.0284. The number of ether oxygens (including phenoxy) is 1. The van der Waals surface area contributed by atoms with E-state index < -0.39 is 0 Å². The molecular weight excluding hydrogens is 300 g/mol. The maximum Gasteiger partial charge on any atom is 0.191 e. The summed E-state index contributed by atoms with van der Waals surface area (Å²) in [5.41, 5.74) is 2.53. The van der Waals surface area contributed by atoms with Crippen molar-refractivity contribution in [2.45, 2.75) is 33.4 Å². The molecule has 1 aromatic rings. The Balaban J connectivity index is 1.73. The molecule has 1 fully saturated rings. The monoisotopic (exact) mass is 332 g/mol. The van der Waals surface area contributed by atoms with Gasteiger partial charge in [-0.3, -0.25) is 9.89 Å². The van der Waals surface area contributed by atoms with Crippen molar-refractivity contribution in [2.24, 2.45) is 10.9 Å². The number of hydrogen-bond acceptors (Lipinski definition) is 3. The van der Waals surface area contributed by atoms with Crippen molar-refractivity contribution < 1.29 is 4.74 Å². The van der Waals surface area contributed by atoms with Crippen molar-refractivity contribution in [1.29, 1.82) is 0 Å². The molecule has 1 saturated heterocycles. The maximum absolute atomic E-state index is 5.87. The summed E-state index contributed by atoms with van der Waals surface area (Å²) < 4.78 is 5.87. The molecule has 2 N–H and O–H groups in total. The summed E-state index contributed by atoms with van der Waals surface area (Å²) in [6.45, 7) is 12.2. The van der Waals surface area contributed by atoms with Gasteiger partial charge in [-0.25, -0.2) is 0 Å². The topological polar surface area (TPSA) is 48.9 Å². The normalized spacial score (nSPS) is 19.5.